The van der Waals surface area contributed by atoms with E-state index < -0.39 is 27.8 Å². The van der Waals surface area contributed by atoms with E-state index in [0.29, 0.717) is 0 Å². The van der Waals surface area contributed by atoms with Crippen LogP contribution in [0.15, 0.2) is 0 Å². The van der Waals surface area contributed by atoms with Crippen molar-refractivity contribution in [3.63, 3.8) is 0 Å². The highest BCUT2D eigenvalue weighted by Crippen LogP contribution is 1.92. The maximum atomic E-state index is 9.86. The highest BCUT2D eigenvalue weighted by Gasteiger charge is 2.25. The number of rotatable bonds is 1. The summed E-state index contributed by atoms with van der Waals surface area (Å²) in [5.41, 5.74) is 0. The maximum absolute atomic E-state index is 9.86. The molecule has 1 unspecified atom stereocenters. The van der Waals surface area contributed by atoms with Crippen LogP contribution in [0.2, 0.25) is 0 Å². The van der Waals surface area contributed by atoms with Crippen molar-refractivity contribution >= 4 is 23.5 Å². The zero-order chi connectivity index (χ0) is 8.31. The molecule has 0 fully saturated rings. The Morgan fingerprint density at radius 1 is 1.20 bits per heavy atom. The second-order valence-corrected chi connectivity index (χ2v) is 1.92. The molecule has 2 amide bonds. The van der Waals surface area contributed by atoms with Crippen LogP contribution in [0.1, 0.15) is 0 Å². The molecule has 0 aromatic carbocycles. The first-order chi connectivity index (χ1) is 4.46. The number of carbonyl (C=O) groups is 2. The van der Waals surface area contributed by atoms with E-state index in [4.69, 9.17) is 14.8 Å². The molecule has 0 aliphatic heterocycles. The molecule has 0 aromatic heterocycles. The van der Waals surface area contributed by atoms with Crippen molar-refractivity contribution in [2.24, 2.45) is 0 Å². The third kappa shape index (κ3) is 1.99. The van der Waals surface area contributed by atoms with Crippen molar-refractivity contribution in [1.29, 1.82) is 0 Å². The third-order valence-corrected chi connectivity index (χ3v) is 1.13. The molecule has 0 radical (unpaired) electrons. The predicted molar refractivity (Wildman–Crippen MR) is 28.7 cm³/mol. The minimum absolute atomic E-state index is 0.639. The second-order valence-electron chi connectivity index (χ2n) is 1.09. The minimum atomic E-state index is -3.03. The Labute approximate surface area is 57.3 Å². The number of hydrogen-bond acceptors (Lipinski definition) is 3. The van der Waals surface area contributed by atoms with Crippen LogP contribution >= 0.6 is 0 Å². The number of imide groups is 1. The van der Waals surface area contributed by atoms with Crippen molar-refractivity contribution in [2.75, 3.05) is 0 Å². The molecule has 10 heavy (non-hydrogen) atoms. The van der Waals surface area contributed by atoms with Crippen molar-refractivity contribution < 1.29 is 28.6 Å². The van der Waals surface area contributed by atoms with E-state index in [1.807, 2.05) is 0 Å². The summed E-state index contributed by atoms with van der Waals surface area (Å²) in [4.78, 5) is 19.5. The Hall–Kier alpha value is -1.15. The van der Waals surface area contributed by atoms with Gasteiger partial charge in [0.2, 0.25) is 0 Å². The minimum Gasteiger partial charge on any atom is -0.464 e. The molecule has 0 aromatic rings. The van der Waals surface area contributed by atoms with Crippen LogP contribution in [0.25, 0.3) is 0 Å². The molecule has 7 nitrogen and oxygen atoms in total. The van der Waals surface area contributed by atoms with Crippen LogP contribution in [-0.2, 0) is 11.3 Å². The van der Waals surface area contributed by atoms with E-state index in [1.165, 1.54) is 0 Å². The molecule has 58 valence electrons. The molecule has 0 rings (SSSR count). The van der Waals surface area contributed by atoms with Gasteiger partial charge in [-0.2, -0.15) is 0 Å². The number of amides is 2. The quantitative estimate of drug-likeness (QED) is 0.467. The van der Waals surface area contributed by atoms with Crippen molar-refractivity contribution in [1.82, 2.24) is 4.31 Å². The summed E-state index contributed by atoms with van der Waals surface area (Å²) in [5, 5.41) is 15.8. The fraction of sp³-hybridized carbons (Fsp3) is 0. The molecule has 0 saturated carbocycles. The van der Waals surface area contributed by atoms with Crippen LogP contribution in [0.3, 0.4) is 0 Å². The number of nitrogens with zero attached hydrogens (tertiary/aromatic N) is 1. The highest BCUT2D eigenvalue weighted by atomic mass is 32.2. The molecule has 3 N–H and O–H groups in total. The van der Waals surface area contributed by atoms with Crippen molar-refractivity contribution in [3.05, 3.63) is 0 Å². The summed E-state index contributed by atoms with van der Waals surface area (Å²) in [6.07, 6.45) is -3.98. The number of hydrogen-bond donors (Lipinski definition) is 3. The highest BCUT2D eigenvalue weighted by molar-refractivity contribution is 7.77. The van der Waals surface area contributed by atoms with Gasteiger partial charge in [0.1, 0.15) is 0 Å². The lowest BCUT2D eigenvalue weighted by atomic mass is 11.0. The van der Waals surface area contributed by atoms with Crippen LogP contribution < -0.4 is 0 Å². The Morgan fingerprint density at radius 3 is 1.50 bits per heavy atom. The van der Waals surface area contributed by atoms with Crippen LogP contribution in [0, 0.1) is 0 Å². The summed E-state index contributed by atoms with van der Waals surface area (Å²) >= 11 is -3.03. The molecule has 8 heteroatoms. The van der Waals surface area contributed by atoms with Gasteiger partial charge in [-0.3, -0.25) is 4.55 Å². The van der Waals surface area contributed by atoms with E-state index in [2.05, 4.69) is 0 Å². The lowest BCUT2D eigenvalue weighted by molar-refractivity contribution is 0.148. The molecule has 0 spiro atoms. The maximum Gasteiger partial charge on any atom is 0.431 e. The van der Waals surface area contributed by atoms with Gasteiger partial charge >= 0.3 is 12.2 Å². The van der Waals surface area contributed by atoms with Gasteiger partial charge in [-0.1, -0.05) is 0 Å². The third-order valence-electron chi connectivity index (χ3n) is 0.504. The monoisotopic (exact) mass is 169 g/mol. The second kappa shape index (κ2) is 3.13. The summed E-state index contributed by atoms with van der Waals surface area (Å²) in [7, 11) is 0. The zero-order valence-corrected chi connectivity index (χ0v) is 5.24. The largest absolute Gasteiger partial charge is 0.464 e. The fourth-order valence-corrected chi connectivity index (χ4v) is 0.483. The average molecular weight is 169 g/mol. The van der Waals surface area contributed by atoms with Crippen molar-refractivity contribution in [3.8, 4) is 0 Å². The van der Waals surface area contributed by atoms with E-state index >= 15 is 0 Å². The topological polar surface area (TPSA) is 115 Å². The molecule has 0 bridgehead atoms. The first kappa shape index (κ1) is 8.85. The van der Waals surface area contributed by atoms with Gasteiger partial charge in [0.25, 0.3) is 11.3 Å². The van der Waals surface area contributed by atoms with Crippen LogP contribution in [0.4, 0.5) is 9.59 Å². The van der Waals surface area contributed by atoms with Gasteiger partial charge in [-0.25, -0.2) is 13.8 Å². The van der Waals surface area contributed by atoms with Crippen LogP contribution in [-0.4, -0.2) is 35.5 Å². The lowest BCUT2D eigenvalue weighted by Crippen LogP contribution is -2.35. The molecular formula is C2H3NO6S. The van der Waals surface area contributed by atoms with Gasteiger partial charge in [0, 0.05) is 0 Å². The average Bonchev–Trinajstić information content (AvgIpc) is 1.59. The Bertz CT molecular complexity index is 155. The van der Waals surface area contributed by atoms with Gasteiger partial charge in [-0.05, 0) is 0 Å². The molecule has 0 heterocycles. The van der Waals surface area contributed by atoms with Gasteiger partial charge in [0.15, 0.2) is 0 Å². The van der Waals surface area contributed by atoms with E-state index in [-0.39, 0.29) is 0 Å². The van der Waals surface area contributed by atoms with Crippen molar-refractivity contribution in [2.45, 2.75) is 0 Å². The first-order valence-electron chi connectivity index (χ1n) is 1.83. The van der Waals surface area contributed by atoms with Gasteiger partial charge in [0.05, 0.1) is 0 Å². The molecular weight excluding hydrogens is 166 g/mol. The fourth-order valence-electron chi connectivity index (χ4n) is 0.215. The number of carboxylic acid groups (broad SMARTS) is 2. The van der Waals surface area contributed by atoms with E-state index in [1.54, 1.807) is 0 Å². The Morgan fingerprint density at radius 2 is 1.50 bits per heavy atom. The van der Waals surface area contributed by atoms with E-state index in [0.717, 1.165) is 0 Å². The zero-order valence-electron chi connectivity index (χ0n) is 4.42. The molecule has 0 aliphatic carbocycles. The molecule has 1 atom stereocenters. The molecule has 0 saturated heterocycles. The molecule has 0 aliphatic rings. The summed E-state index contributed by atoms with van der Waals surface area (Å²) in [5.74, 6) is 0. The Balaban J connectivity index is 4.43. The van der Waals surface area contributed by atoms with Gasteiger partial charge in [-0.15, -0.1) is 4.31 Å². The normalized spacial score (nSPS) is 12.1. The standard InChI is InChI=1S/C2H3NO6S/c4-1(5)3(2(6)7)10(8)9/h(H,4,5)(H,6,7)(H,8,9). The Kier molecular flexibility index (Phi) is 2.77. The SMILES string of the molecule is O=C(O)N(C(=O)O)S(=O)O. The van der Waals surface area contributed by atoms with Crippen LogP contribution in [0.5, 0.6) is 0 Å². The first-order valence-corrected chi connectivity index (χ1v) is 2.90. The lowest BCUT2D eigenvalue weighted by Gasteiger charge is -2.05. The van der Waals surface area contributed by atoms with E-state index in [9.17, 15) is 13.8 Å². The summed E-state index contributed by atoms with van der Waals surface area (Å²) < 4.78 is 17.2. The predicted octanol–water partition coefficient (Wildman–Crippen LogP) is -0.219. The smallest absolute Gasteiger partial charge is 0.431 e. The summed E-state index contributed by atoms with van der Waals surface area (Å²) in [6, 6.07) is 0. The summed E-state index contributed by atoms with van der Waals surface area (Å²) in [6.45, 7) is 0. The van der Waals surface area contributed by atoms with Gasteiger partial charge < -0.3 is 10.2 Å².